The lowest BCUT2D eigenvalue weighted by Gasteiger charge is -2.03. The molecule has 2 atom stereocenters. The highest BCUT2D eigenvalue weighted by Gasteiger charge is 2.37. The minimum Gasteiger partial charge on any atom is -0.485 e. The quantitative estimate of drug-likeness (QED) is 0.571. The Morgan fingerprint density at radius 2 is 2.25 bits per heavy atom. The molecule has 0 aliphatic carbocycles. The van der Waals surface area contributed by atoms with Crippen LogP contribution in [0.25, 0.3) is 0 Å². The van der Waals surface area contributed by atoms with E-state index in [1.165, 1.54) is 5.56 Å². The Hall–Kier alpha value is -1.38. The standard InChI is InChI=1S/C9H8N2O/c1-2-4-7-6(3-1)9-8(12-7)5-10-11-9/h1-4,8-9H,5H2. The molecule has 0 radical (unpaired) electrons. The predicted octanol–water partition coefficient (Wildman–Crippen LogP) is 1.95. The molecule has 3 heteroatoms. The molecule has 2 aliphatic heterocycles. The summed E-state index contributed by atoms with van der Waals surface area (Å²) < 4.78 is 5.64. The van der Waals surface area contributed by atoms with Gasteiger partial charge in [-0.3, -0.25) is 0 Å². The van der Waals surface area contributed by atoms with E-state index in [0.717, 1.165) is 5.75 Å². The van der Waals surface area contributed by atoms with E-state index in [4.69, 9.17) is 4.74 Å². The first-order valence-electron chi connectivity index (χ1n) is 4.07. The molecule has 60 valence electrons. The lowest BCUT2D eigenvalue weighted by Crippen LogP contribution is -2.15. The Balaban J connectivity index is 2.14. The number of azo groups is 1. The lowest BCUT2D eigenvalue weighted by atomic mass is 10.1. The zero-order valence-electron chi connectivity index (χ0n) is 6.47. The highest BCUT2D eigenvalue weighted by atomic mass is 16.5. The van der Waals surface area contributed by atoms with Gasteiger partial charge < -0.3 is 4.74 Å². The van der Waals surface area contributed by atoms with Gasteiger partial charge in [-0.15, -0.1) is 0 Å². The van der Waals surface area contributed by atoms with Crippen LogP contribution in [0.4, 0.5) is 0 Å². The number of fused-ring (bicyclic) bond motifs is 3. The SMILES string of the molecule is c1ccc2c(c1)OC1CN=NC21. The summed E-state index contributed by atoms with van der Waals surface area (Å²) in [5, 5.41) is 8.11. The van der Waals surface area contributed by atoms with Crippen molar-refractivity contribution in [1.82, 2.24) is 0 Å². The number of rotatable bonds is 0. The third-order valence-corrected chi connectivity index (χ3v) is 2.34. The van der Waals surface area contributed by atoms with Gasteiger partial charge in [-0.05, 0) is 6.07 Å². The smallest absolute Gasteiger partial charge is 0.148 e. The van der Waals surface area contributed by atoms with Crippen LogP contribution in [0.2, 0.25) is 0 Å². The van der Waals surface area contributed by atoms with Crippen LogP contribution in [0.3, 0.4) is 0 Å². The maximum atomic E-state index is 5.64. The van der Waals surface area contributed by atoms with Crippen molar-refractivity contribution < 1.29 is 4.74 Å². The topological polar surface area (TPSA) is 34.0 Å². The number of hydrogen-bond donors (Lipinski definition) is 0. The molecular weight excluding hydrogens is 152 g/mol. The first-order chi connectivity index (χ1) is 5.95. The molecule has 0 spiro atoms. The summed E-state index contributed by atoms with van der Waals surface area (Å²) in [4.78, 5) is 0. The fourth-order valence-electron chi connectivity index (χ4n) is 1.75. The van der Waals surface area contributed by atoms with E-state index >= 15 is 0 Å². The van der Waals surface area contributed by atoms with E-state index in [9.17, 15) is 0 Å². The molecule has 0 N–H and O–H groups in total. The molecular formula is C9H8N2O. The fraction of sp³-hybridized carbons (Fsp3) is 0.333. The third-order valence-electron chi connectivity index (χ3n) is 2.34. The Morgan fingerprint density at radius 3 is 3.25 bits per heavy atom. The molecule has 3 rings (SSSR count). The second-order valence-corrected chi connectivity index (χ2v) is 3.08. The largest absolute Gasteiger partial charge is 0.485 e. The number of benzene rings is 1. The van der Waals surface area contributed by atoms with Crippen LogP contribution in [0.5, 0.6) is 5.75 Å². The predicted molar refractivity (Wildman–Crippen MR) is 43.3 cm³/mol. The monoisotopic (exact) mass is 160 g/mol. The van der Waals surface area contributed by atoms with Gasteiger partial charge >= 0.3 is 0 Å². The highest BCUT2D eigenvalue weighted by Crippen LogP contribution is 2.41. The second kappa shape index (κ2) is 2.06. The van der Waals surface area contributed by atoms with E-state index in [1.807, 2.05) is 18.2 Å². The summed E-state index contributed by atoms with van der Waals surface area (Å²) in [7, 11) is 0. The minimum atomic E-state index is 0.168. The van der Waals surface area contributed by atoms with Crippen molar-refractivity contribution in [2.75, 3.05) is 6.54 Å². The van der Waals surface area contributed by atoms with Crippen molar-refractivity contribution in [2.45, 2.75) is 12.1 Å². The van der Waals surface area contributed by atoms with Gasteiger partial charge in [0.25, 0.3) is 0 Å². The van der Waals surface area contributed by atoms with Crippen molar-refractivity contribution in [2.24, 2.45) is 10.2 Å². The van der Waals surface area contributed by atoms with Gasteiger partial charge in [0.15, 0.2) is 0 Å². The van der Waals surface area contributed by atoms with Crippen LogP contribution in [0.1, 0.15) is 11.6 Å². The fourth-order valence-corrected chi connectivity index (χ4v) is 1.75. The van der Waals surface area contributed by atoms with E-state index in [-0.39, 0.29) is 12.1 Å². The summed E-state index contributed by atoms with van der Waals surface area (Å²) in [6.45, 7) is 0.708. The zero-order valence-corrected chi connectivity index (χ0v) is 6.47. The Labute approximate surface area is 70.1 Å². The van der Waals surface area contributed by atoms with Crippen LogP contribution in [-0.2, 0) is 0 Å². The van der Waals surface area contributed by atoms with Gasteiger partial charge in [0.2, 0.25) is 0 Å². The molecule has 1 aromatic carbocycles. The Kier molecular flexibility index (Phi) is 1.06. The number of nitrogens with zero attached hydrogens (tertiary/aromatic N) is 2. The third kappa shape index (κ3) is 0.656. The van der Waals surface area contributed by atoms with E-state index in [2.05, 4.69) is 16.3 Å². The van der Waals surface area contributed by atoms with Crippen molar-refractivity contribution in [1.29, 1.82) is 0 Å². The van der Waals surface area contributed by atoms with Crippen LogP contribution < -0.4 is 4.74 Å². The van der Waals surface area contributed by atoms with Gasteiger partial charge in [-0.25, -0.2) is 0 Å². The molecule has 0 bridgehead atoms. The summed E-state index contributed by atoms with van der Waals surface area (Å²) in [6.07, 6.45) is 0.169. The summed E-state index contributed by atoms with van der Waals surface area (Å²) >= 11 is 0. The van der Waals surface area contributed by atoms with E-state index < -0.39 is 0 Å². The van der Waals surface area contributed by atoms with Crippen LogP contribution in [0.15, 0.2) is 34.5 Å². The lowest BCUT2D eigenvalue weighted by molar-refractivity contribution is 0.234. The van der Waals surface area contributed by atoms with Gasteiger partial charge in [-0.1, -0.05) is 18.2 Å². The first-order valence-corrected chi connectivity index (χ1v) is 4.07. The van der Waals surface area contributed by atoms with Crippen molar-refractivity contribution in [3.05, 3.63) is 29.8 Å². The van der Waals surface area contributed by atoms with Gasteiger partial charge in [0.1, 0.15) is 17.9 Å². The first kappa shape index (κ1) is 6.17. The number of ether oxygens (including phenoxy) is 1. The zero-order chi connectivity index (χ0) is 7.97. The normalized spacial score (nSPS) is 29.7. The molecule has 1 aromatic rings. The van der Waals surface area contributed by atoms with Crippen LogP contribution >= 0.6 is 0 Å². The average molecular weight is 160 g/mol. The van der Waals surface area contributed by atoms with Gasteiger partial charge in [0.05, 0.1) is 6.54 Å². The Bertz CT molecular complexity index is 348. The maximum Gasteiger partial charge on any atom is 0.148 e. The second-order valence-electron chi connectivity index (χ2n) is 3.08. The molecule has 0 saturated carbocycles. The highest BCUT2D eigenvalue weighted by molar-refractivity contribution is 5.41. The van der Waals surface area contributed by atoms with Crippen LogP contribution in [-0.4, -0.2) is 12.6 Å². The summed E-state index contributed by atoms with van der Waals surface area (Å²) in [5.41, 5.74) is 1.18. The molecule has 3 nitrogen and oxygen atoms in total. The molecule has 0 saturated heterocycles. The number of hydrogen-bond acceptors (Lipinski definition) is 3. The molecule has 2 unspecified atom stereocenters. The molecule has 12 heavy (non-hydrogen) atoms. The average Bonchev–Trinajstić information content (AvgIpc) is 2.62. The number of para-hydroxylation sites is 1. The molecule has 2 heterocycles. The van der Waals surface area contributed by atoms with Gasteiger partial charge in [0, 0.05) is 5.56 Å². The summed E-state index contributed by atoms with van der Waals surface area (Å²) in [6, 6.07) is 8.21. The molecule has 0 aromatic heterocycles. The maximum absolute atomic E-state index is 5.64. The molecule has 0 amide bonds. The van der Waals surface area contributed by atoms with Crippen molar-refractivity contribution in [3.8, 4) is 5.75 Å². The van der Waals surface area contributed by atoms with Gasteiger partial charge in [-0.2, -0.15) is 10.2 Å². The van der Waals surface area contributed by atoms with Crippen molar-refractivity contribution >= 4 is 0 Å². The minimum absolute atomic E-state index is 0.168. The van der Waals surface area contributed by atoms with E-state index in [1.54, 1.807) is 0 Å². The Morgan fingerprint density at radius 1 is 1.33 bits per heavy atom. The summed E-state index contributed by atoms with van der Waals surface area (Å²) in [5.74, 6) is 0.978. The van der Waals surface area contributed by atoms with Crippen molar-refractivity contribution in [3.63, 3.8) is 0 Å². The van der Waals surface area contributed by atoms with Crippen LogP contribution in [0, 0.1) is 0 Å². The van der Waals surface area contributed by atoms with E-state index in [0.29, 0.717) is 6.54 Å². The molecule has 2 aliphatic rings. The molecule has 0 fully saturated rings.